The number of aromatic hydroxyl groups is 1. The summed E-state index contributed by atoms with van der Waals surface area (Å²) in [5.41, 5.74) is 0.0610. The number of pyridine rings is 1. The lowest BCUT2D eigenvalue weighted by Crippen LogP contribution is -2.42. The molecule has 29 heavy (non-hydrogen) atoms. The van der Waals surface area contributed by atoms with Gasteiger partial charge >= 0.3 is 0 Å². The number of hydrogen-bond donors (Lipinski definition) is 2. The molecule has 0 saturated carbocycles. The van der Waals surface area contributed by atoms with Gasteiger partial charge in [-0.05, 0) is 30.9 Å². The average molecular weight is 402 g/mol. The number of ether oxygens (including phenoxy) is 1. The fraction of sp³-hybridized carbons (Fsp3) is 0.682. The highest BCUT2D eigenvalue weighted by atomic mass is 16.5. The van der Waals surface area contributed by atoms with E-state index in [9.17, 15) is 14.7 Å². The van der Waals surface area contributed by atoms with Crippen molar-refractivity contribution in [2.24, 2.45) is 17.8 Å². The minimum Gasteiger partial charge on any atom is -0.506 e. The van der Waals surface area contributed by atoms with Crippen LogP contribution in [0, 0.1) is 17.8 Å². The van der Waals surface area contributed by atoms with Crippen LogP contribution < -0.4 is 5.32 Å². The van der Waals surface area contributed by atoms with E-state index in [1.807, 2.05) is 4.90 Å². The van der Waals surface area contributed by atoms with Crippen molar-refractivity contribution in [3.63, 3.8) is 0 Å². The summed E-state index contributed by atoms with van der Waals surface area (Å²) >= 11 is 0. The summed E-state index contributed by atoms with van der Waals surface area (Å²) in [5, 5.41) is 12.5. The number of hydrogen-bond acceptors (Lipinski definition) is 5. The molecule has 0 aliphatic carbocycles. The smallest absolute Gasteiger partial charge is 0.272 e. The molecule has 3 aliphatic rings. The van der Waals surface area contributed by atoms with Gasteiger partial charge in [0.2, 0.25) is 5.91 Å². The molecule has 0 radical (unpaired) electrons. The SMILES string of the molecule is CCC(CC)CC(=O)NC[C@H]1[C@H]2CN(C(=O)c3ccc(O)cn3)C[C@]23CC[C@H]1O3. The highest BCUT2D eigenvalue weighted by Crippen LogP contribution is 2.54. The van der Waals surface area contributed by atoms with Crippen molar-refractivity contribution in [3.8, 4) is 5.75 Å². The maximum Gasteiger partial charge on any atom is 0.272 e. The monoisotopic (exact) mass is 401 g/mol. The molecule has 2 N–H and O–H groups in total. The van der Waals surface area contributed by atoms with Crippen molar-refractivity contribution in [1.29, 1.82) is 0 Å². The summed E-state index contributed by atoms with van der Waals surface area (Å²) in [4.78, 5) is 31.1. The summed E-state index contributed by atoms with van der Waals surface area (Å²) in [5.74, 6) is 0.974. The Morgan fingerprint density at radius 3 is 2.86 bits per heavy atom. The normalized spacial score (nSPS) is 30.0. The van der Waals surface area contributed by atoms with Crippen LogP contribution in [0.1, 0.15) is 56.4 Å². The number of carbonyl (C=O) groups excluding carboxylic acids is 2. The Morgan fingerprint density at radius 1 is 1.38 bits per heavy atom. The lowest BCUT2D eigenvalue weighted by Gasteiger charge is -2.29. The fourth-order valence-electron chi connectivity index (χ4n) is 5.44. The van der Waals surface area contributed by atoms with Gasteiger partial charge in [-0.15, -0.1) is 0 Å². The first-order valence-corrected chi connectivity index (χ1v) is 10.8. The Kier molecular flexibility index (Phi) is 5.51. The number of fused-ring (bicyclic) bond motifs is 1. The van der Waals surface area contributed by atoms with Crippen molar-refractivity contribution < 1.29 is 19.4 Å². The topological polar surface area (TPSA) is 91.8 Å². The number of amides is 2. The van der Waals surface area contributed by atoms with Crippen molar-refractivity contribution >= 4 is 11.8 Å². The van der Waals surface area contributed by atoms with E-state index in [1.165, 1.54) is 12.3 Å². The number of carbonyl (C=O) groups is 2. The molecular weight excluding hydrogens is 370 g/mol. The van der Waals surface area contributed by atoms with E-state index in [0.29, 0.717) is 37.7 Å². The molecule has 4 rings (SSSR count). The van der Waals surface area contributed by atoms with Crippen LogP contribution in [0.4, 0.5) is 0 Å². The molecule has 0 aromatic carbocycles. The zero-order valence-electron chi connectivity index (χ0n) is 17.3. The van der Waals surface area contributed by atoms with Crippen LogP contribution in [0.5, 0.6) is 5.75 Å². The number of rotatable bonds is 7. The van der Waals surface area contributed by atoms with E-state index in [1.54, 1.807) is 6.07 Å². The Hall–Kier alpha value is -2.15. The first kappa shape index (κ1) is 20.1. The van der Waals surface area contributed by atoms with E-state index in [0.717, 1.165) is 25.7 Å². The van der Waals surface area contributed by atoms with Crippen LogP contribution in [0.3, 0.4) is 0 Å². The molecular formula is C22H31N3O4. The zero-order chi connectivity index (χ0) is 20.6. The van der Waals surface area contributed by atoms with Crippen molar-refractivity contribution in [2.45, 2.75) is 57.7 Å². The Bertz CT molecular complexity index is 764. The van der Waals surface area contributed by atoms with Crippen LogP contribution in [0.25, 0.3) is 0 Å². The number of nitrogens with one attached hydrogen (secondary N) is 1. The first-order chi connectivity index (χ1) is 14.0. The lowest BCUT2D eigenvalue weighted by molar-refractivity contribution is -0.122. The van der Waals surface area contributed by atoms with E-state index in [-0.39, 0.29) is 41.1 Å². The van der Waals surface area contributed by atoms with Gasteiger partial charge in [0.25, 0.3) is 5.91 Å². The number of aromatic nitrogens is 1. The third kappa shape index (κ3) is 3.72. The summed E-state index contributed by atoms with van der Waals surface area (Å²) in [6.45, 7) is 6.08. The van der Waals surface area contributed by atoms with E-state index in [2.05, 4.69) is 24.1 Å². The van der Waals surface area contributed by atoms with Gasteiger partial charge in [-0.1, -0.05) is 26.7 Å². The predicted molar refractivity (Wildman–Crippen MR) is 107 cm³/mol. The highest BCUT2D eigenvalue weighted by molar-refractivity contribution is 5.92. The van der Waals surface area contributed by atoms with E-state index < -0.39 is 0 Å². The molecule has 4 atom stereocenters. The Labute approximate surface area is 171 Å². The van der Waals surface area contributed by atoms with Crippen molar-refractivity contribution in [1.82, 2.24) is 15.2 Å². The number of likely N-dealkylation sites (tertiary alicyclic amines) is 1. The minimum absolute atomic E-state index is 0.0459. The van der Waals surface area contributed by atoms with Gasteiger partial charge in [-0.2, -0.15) is 0 Å². The minimum atomic E-state index is -0.276. The average Bonchev–Trinajstić information content (AvgIpc) is 3.39. The third-order valence-electron chi connectivity index (χ3n) is 7.20. The maximum absolute atomic E-state index is 12.9. The molecule has 7 nitrogen and oxygen atoms in total. The molecule has 2 bridgehead atoms. The van der Waals surface area contributed by atoms with Crippen molar-refractivity contribution in [2.75, 3.05) is 19.6 Å². The van der Waals surface area contributed by atoms with Crippen LogP contribution in [-0.2, 0) is 9.53 Å². The molecule has 1 aromatic rings. The second kappa shape index (κ2) is 7.94. The first-order valence-electron chi connectivity index (χ1n) is 10.8. The molecule has 3 saturated heterocycles. The second-order valence-corrected chi connectivity index (χ2v) is 8.81. The maximum atomic E-state index is 12.9. The third-order valence-corrected chi connectivity index (χ3v) is 7.20. The fourth-order valence-corrected chi connectivity index (χ4v) is 5.44. The van der Waals surface area contributed by atoms with Gasteiger partial charge in [0.05, 0.1) is 24.4 Å². The van der Waals surface area contributed by atoms with Gasteiger partial charge in [-0.25, -0.2) is 4.98 Å². The lowest BCUT2D eigenvalue weighted by atomic mass is 9.73. The quantitative estimate of drug-likeness (QED) is 0.732. The predicted octanol–water partition coefficient (Wildman–Crippen LogP) is 2.35. The molecule has 0 unspecified atom stereocenters. The summed E-state index contributed by atoms with van der Waals surface area (Å²) in [7, 11) is 0. The van der Waals surface area contributed by atoms with Crippen molar-refractivity contribution in [3.05, 3.63) is 24.0 Å². The Morgan fingerprint density at radius 2 is 2.17 bits per heavy atom. The molecule has 2 amide bonds. The van der Waals surface area contributed by atoms with Gasteiger partial charge in [-0.3, -0.25) is 9.59 Å². The van der Waals surface area contributed by atoms with Crippen LogP contribution >= 0.6 is 0 Å². The molecule has 1 aromatic heterocycles. The summed E-state index contributed by atoms with van der Waals surface area (Å²) in [6.07, 6.45) is 6.05. The molecule has 1 spiro atoms. The van der Waals surface area contributed by atoms with Crippen LogP contribution in [-0.4, -0.2) is 58.1 Å². The zero-order valence-corrected chi connectivity index (χ0v) is 17.3. The Balaban J connectivity index is 1.39. The van der Waals surface area contributed by atoms with Gasteiger partial charge in [0.15, 0.2) is 0 Å². The number of nitrogens with zero attached hydrogens (tertiary/aromatic N) is 2. The summed E-state index contributed by atoms with van der Waals surface area (Å²) < 4.78 is 6.38. The van der Waals surface area contributed by atoms with E-state index in [4.69, 9.17) is 4.74 Å². The van der Waals surface area contributed by atoms with Gasteiger partial charge in [0, 0.05) is 31.3 Å². The molecule has 158 valence electrons. The van der Waals surface area contributed by atoms with E-state index >= 15 is 0 Å². The standard InChI is InChI=1S/C22H31N3O4/c1-3-14(4-2)9-20(27)24-11-16-17-12-25(13-22(17)8-7-19(16)29-22)21(28)18-6-5-15(26)10-23-18/h5-6,10,14,16-17,19,26H,3-4,7-9,11-13H2,1-2H3,(H,24,27)/t16-,17+,19+,22+/m0/s1. The van der Waals surface area contributed by atoms with Gasteiger partial charge in [0.1, 0.15) is 11.4 Å². The second-order valence-electron chi connectivity index (χ2n) is 8.81. The molecule has 3 aliphatic heterocycles. The summed E-state index contributed by atoms with van der Waals surface area (Å²) in [6, 6.07) is 3.03. The molecule has 3 fully saturated rings. The van der Waals surface area contributed by atoms with Gasteiger partial charge < -0.3 is 20.1 Å². The molecule has 7 heteroatoms. The van der Waals surface area contributed by atoms with Crippen LogP contribution in [0.15, 0.2) is 18.3 Å². The van der Waals surface area contributed by atoms with Crippen LogP contribution in [0.2, 0.25) is 0 Å². The highest BCUT2D eigenvalue weighted by Gasteiger charge is 2.63. The molecule has 4 heterocycles. The largest absolute Gasteiger partial charge is 0.506 e.